The summed E-state index contributed by atoms with van der Waals surface area (Å²) in [6.45, 7) is 1.46. The van der Waals surface area contributed by atoms with Gasteiger partial charge in [0.05, 0.1) is 15.4 Å². The minimum atomic E-state index is -4.66. The molecule has 1 saturated heterocycles. The van der Waals surface area contributed by atoms with Gasteiger partial charge in [0.25, 0.3) is 11.4 Å². The fraction of sp³-hybridized carbons (Fsp3) is 0.312. The van der Waals surface area contributed by atoms with Crippen molar-refractivity contribution in [3.8, 4) is 0 Å². The van der Waals surface area contributed by atoms with E-state index >= 15 is 0 Å². The predicted octanol–water partition coefficient (Wildman–Crippen LogP) is 3.24. The Labute approximate surface area is 156 Å². The average Bonchev–Trinajstić information content (AvgIpc) is 2.67. The van der Waals surface area contributed by atoms with E-state index in [1.54, 1.807) is 4.90 Å². The Morgan fingerprint density at radius 3 is 2.07 bits per heavy atom. The van der Waals surface area contributed by atoms with Gasteiger partial charge >= 0.3 is 6.18 Å². The molecule has 148 valence electrons. The molecule has 2 aromatic rings. The van der Waals surface area contributed by atoms with Crippen LogP contribution in [0, 0.1) is 20.2 Å². The minimum Gasteiger partial charge on any atom is -0.362 e. The van der Waals surface area contributed by atoms with Crippen LogP contribution in [-0.2, 0) is 6.18 Å². The maximum Gasteiger partial charge on any atom is 0.416 e. The molecule has 0 saturated carbocycles. The summed E-state index contributed by atoms with van der Waals surface area (Å²) in [7, 11) is 0. The van der Waals surface area contributed by atoms with Gasteiger partial charge in [0.1, 0.15) is 17.7 Å². The number of benzene rings is 1. The normalized spacial score (nSPS) is 14.8. The topological polar surface area (TPSA) is 106 Å². The molecule has 12 heteroatoms. The lowest BCUT2D eigenvalue weighted by atomic mass is 10.1. The number of nitro benzene ring substituents is 1. The zero-order chi connectivity index (χ0) is 20.5. The van der Waals surface area contributed by atoms with Crippen LogP contribution in [0.3, 0.4) is 0 Å². The molecule has 28 heavy (non-hydrogen) atoms. The highest BCUT2D eigenvalue weighted by Crippen LogP contribution is 2.37. The molecule has 0 amide bonds. The van der Waals surface area contributed by atoms with Crippen LogP contribution in [0.15, 0.2) is 36.5 Å². The number of pyridine rings is 1. The number of nitro groups is 2. The lowest BCUT2D eigenvalue weighted by Gasteiger charge is -2.36. The van der Waals surface area contributed by atoms with Crippen LogP contribution in [0.2, 0.25) is 0 Å². The Morgan fingerprint density at radius 2 is 1.57 bits per heavy atom. The number of nitrogens with zero attached hydrogens (tertiary/aromatic N) is 5. The van der Waals surface area contributed by atoms with E-state index in [0.717, 1.165) is 18.3 Å². The molecule has 1 fully saturated rings. The molecule has 1 aliphatic rings. The molecule has 2 heterocycles. The average molecular weight is 397 g/mol. The van der Waals surface area contributed by atoms with Gasteiger partial charge in [0.15, 0.2) is 0 Å². The summed E-state index contributed by atoms with van der Waals surface area (Å²) in [4.78, 5) is 28.1. The van der Waals surface area contributed by atoms with Crippen molar-refractivity contribution in [3.63, 3.8) is 0 Å². The highest BCUT2D eigenvalue weighted by atomic mass is 19.4. The fourth-order valence-electron chi connectivity index (χ4n) is 2.96. The van der Waals surface area contributed by atoms with Gasteiger partial charge in [-0.15, -0.1) is 0 Å². The third kappa shape index (κ3) is 3.94. The molecule has 0 atom stereocenters. The maximum atomic E-state index is 12.8. The highest BCUT2D eigenvalue weighted by Gasteiger charge is 2.34. The summed E-state index contributed by atoms with van der Waals surface area (Å²) in [5, 5.41) is 21.9. The fourth-order valence-corrected chi connectivity index (χ4v) is 2.96. The first-order valence-corrected chi connectivity index (χ1v) is 8.13. The Bertz CT molecular complexity index is 896. The molecule has 0 aliphatic carbocycles. The second-order valence-corrected chi connectivity index (χ2v) is 6.06. The summed E-state index contributed by atoms with van der Waals surface area (Å²) < 4.78 is 38.5. The Kier molecular flexibility index (Phi) is 5.03. The van der Waals surface area contributed by atoms with Crippen LogP contribution in [0.5, 0.6) is 0 Å². The molecule has 3 rings (SSSR count). The van der Waals surface area contributed by atoms with Gasteiger partial charge in [0, 0.05) is 38.3 Å². The molecule has 0 N–H and O–H groups in total. The van der Waals surface area contributed by atoms with Crippen molar-refractivity contribution in [1.29, 1.82) is 0 Å². The standard InChI is InChI=1S/C16H14F3N5O4/c17-16(18,19)11-1-3-13(14(9-11)24(27)28)21-5-7-22(8-6-21)15-4-2-12(10-20-15)23(25)26/h1-4,9-10H,5-8H2. The molecule has 1 aromatic carbocycles. The molecule has 0 spiro atoms. The van der Waals surface area contributed by atoms with Crippen LogP contribution in [-0.4, -0.2) is 41.0 Å². The van der Waals surface area contributed by atoms with Gasteiger partial charge in [-0.1, -0.05) is 0 Å². The monoisotopic (exact) mass is 397 g/mol. The van der Waals surface area contributed by atoms with E-state index in [-0.39, 0.29) is 11.4 Å². The number of hydrogen-bond acceptors (Lipinski definition) is 7. The van der Waals surface area contributed by atoms with Crippen molar-refractivity contribution in [2.45, 2.75) is 6.18 Å². The summed E-state index contributed by atoms with van der Waals surface area (Å²) in [6, 6.07) is 5.32. The molecular formula is C16H14F3N5O4. The van der Waals surface area contributed by atoms with Crippen LogP contribution >= 0.6 is 0 Å². The lowest BCUT2D eigenvalue weighted by Crippen LogP contribution is -2.47. The molecule has 0 radical (unpaired) electrons. The quantitative estimate of drug-likeness (QED) is 0.576. The number of halogens is 3. The number of hydrogen-bond donors (Lipinski definition) is 0. The largest absolute Gasteiger partial charge is 0.416 e. The first kappa shape index (κ1) is 19.3. The van der Waals surface area contributed by atoms with E-state index in [1.165, 1.54) is 12.1 Å². The van der Waals surface area contributed by atoms with Crippen molar-refractivity contribution in [1.82, 2.24) is 4.98 Å². The van der Waals surface area contributed by atoms with Crippen molar-refractivity contribution < 1.29 is 23.0 Å². The Balaban J connectivity index is 1.75. The molecule has 1 aliphatic heterocycles. The summed E-state index contributed by atoms with van der Waals surface area (Å²) in [5.74, 6) is 0.521. The second-order valence-electron chi connectivity index (χ2n) is 6.06. The predicted molar refractivity (Wildman–Crippen MR) is 93.4 cm³/mol. The number of piperazine rings is 1. The zero-order valence-electron chi connectivity index (χ0n) is 14.3. The third-order valence-electron chi connectivity index (χ3n) is 4.39. The SMILES string of the molecule is O=[N+]([O-])c1ccc(N2CCN(c3ccc(C(F)(F)F)cc3[N+](=O)[O-])CC2)nc1. The molecule has 0 unspecified atom stereocenters. The molecular weight excluding hydrogens is 383 g/mol. The van der Waals surface area contributed by atoms with E-state index in [9.17, 15) is 33.4 Å². The van der Waals surface area contributed by atoms with Gasteiger partial charge in [-0.05, 0) is 18.2 Å². The van der Waals surface area contributed by atoms with Crippen molar-refractivity contribution in [2.75, 3.05) is 36.0 Å². The third-order valence-corrected chi connectivity index (χ3v) is 4.39. The smallest absolute Gasteiger partial charge is 0.362 e. The molecule has 0 bridgehead atoms. The molecule has 1 aromatic heterocycles. The van der Waals surface area contributed by atoms with Crippen molar-refractivity contribution in [3.05, 3.63) is 62.3 Å². The summed E-state index contributed by atoms with van der Waals surface area (Å²) in [5.41, 5.74) is -1.69. The number of alkyl halides is 3. The van der Waals surface area contributed by atoms with Crippen LogP contribution in [0.1, 0.15) is 5.56 Å². The van der Waals surface area contributed by atoms with Crippen LogP contribution in [0.4, 0.5) is 36.1 Å². The van der Waals surface area contributed by atoms with E-state index in [1.807, 2.05) is 4.90 Å². The summed E-state index contributed by atoms with van der Waals surface area (Å²) in [6.07, 6.45) is -3.52. The van der Waals surface area contributed by atoms with E-state index in [0.29, 0.717) is 38.1 Å². The summed E-state index contributed by atoms with van der Waals surface area (Å²) >= 11 is 0. The van der Waals surface area contributed by atoms with E-state index in [2.05, 4.69) is 4.98 Å². The van der Waals surface area contributed by atoms with Crippen molar-refractivity contribution >= 4 is 22.9 Å². The zero-order valence-corrected chi connectivity index (χ0v) is 14.3. The number of rotatable bonds is 4. The van der Waals surface area contributed by atoms with Gasteiger partial charge in [-0.3, -0.25) is 20.2 Å². The first-order chi connectivity index (χ1) is 13.2. The Morgan fingerprint density at radius 1 is 0.929 bits per heavy atom. The minimum absolute atomic E-state index is 0.120. The first-order valence-electron chi connectivity index (χ1n) is 8.13. The van der Waals surface area contributed by atoms with Crippen molar-refractivity contribution in [2.24, 2.45) is 0 Å². The van der Waals surface area contributed by atoms with Gasteiger partial charge in [0.2, 0.25) is 0 Å². The van der Waals surface area contributed by atoms with E-state index < -0.39 is 27.3 Å². The molecule has 9 nitrogen and oxygen atoms in total. The Hall–Kier alpha value is -3.44. The number of aromatic nitrogens is 1. The van der Waals surface area contributed by atoms with E-state index in [4.69, 9.17) is 0 Å². The highest BCUT2D eigenvalue weighted by molar-refractivity contribution is 5.65. The van der Waals surface area contributed by atoms with Gasteiger partial charge < -0.3 is 9.80 Å². The lowest BCUT2D eigenvalue weighted by molar-refractivity contribution is -0.385. The number of anilines is 2. The van der Waals surface area contributed by atoms with Gasteiger partial charge in [-0.2, -0.15) is 13.2 Å². The van der Waals surface area contributed by atoms with Crippen LogP contribution < -0.4 is 9.80 Å². The van der Waals surface area contributed by atoms with Crippen LogP contribution in [0.25, 0.3) is 0 Å². The van der Waals surface area contributed by atoms with Gasteiger partial charge in [-0.25, -0.2) is 4.98 Å². The second kappa shape index (κ2) is 7.29. The maximum absolute atomic E-state index is 12.8.